The smallest absolute Gasteiger partial charge is 0.267 e. The van der Waals surface area contributed by atoms with Crippen molar-refractivity contribution in [3.63, 3.8) is 0 Å². The molecule has 3 aromatic rings. The summed E-state index contributed by atoms with van der Waals surface area (Å²) in [5.74, 6) is 0.398. The first-order chi connectivity index (χ1) is 14.9. The number of fused-ring (bicyclic) bond motifs is 1. The number of anilines is 1. The van der Waals surface area contributed by atoms with Crippen molar-refractivity contribution >= 4 is 39.0 Å². The molecule has 3 heterocycles. The average Bonchev–Trinajstić information content (AvgIpc) is 2.79. The van der Waals surface area contributed by atoms with E-state index in [9.17, 15) is 18.5 Å². The highest BCUT2D eigenvalue weighted by Gasteiger charge is 2.25. The molecule has 4 rings (SSSR count). The number of allylic oxidation sites excluding steroid dienone is 1. The third-order valence-corrected chi connectivity index (χ3v) is 7.14. The van der Waals surface area contributed by atoms with E-state index in [1.807, 2.05) is 4.90 Å². The third kappa shape index (κ3) is 4.07. The van der Waals surface area contributed by atoms with Crippen LogP contribution < -0.4 is 10.5 Å². The van der Waals surface area contributed by atoms with Gasteiger partial charge in [0.1, 0.15) is 22.4 Å². The first kappa shape index (κ1) is 21.1. The molecule has 0 unspecified atom stereocenters. The maximum Gasteiger partial charge on any atom is 0.267 e. The minimum atomic E-state index is -4.14. The molecule has 0 N–H and O–H groups in total. The van der Waals surface area contributed by atoms with Crippen molar-refractivity contribution in [2.75, 3.05) is 18.0 Å². The number of halogens is 1. The maximum absolute atomic E-state index is 13.3. The van der Waals surface area contributed by atoms with Crippen molar-refractivity contribution in [2.45, 2.75) is 24.2 Å². The van der Waals surface area contributed by atoms with Gasteiger partial charge in [-0.25, -0.2) is 13.4 Å². The molecule has 1 saturated heterocycles. The molecule has 1 fully saturated rings. The SMILES string of the molecule is N#CC(=Cc1c(N2CCCCC2)nc2ccccn2c1=O)S(=O)(=O)c1ccc(Cl)cc1. The molecule has 9 heteroatoms. The second kappa shape index (κ2) is 8.53. The first-order valence-corrected chi connectivity index (χ1v) is 11.7. The van der Waals surface area contributed by atoms with E-state index >= 15 is 0 Å². The van der Waals surface area contributed by atoms with Crippen LogP contribution in [0.4, 0.5) is 5.82 Å². The van der Waals surface area contributed by atoms with Gasteiger partial charge in [0.25, 0.3) is 5.56 Å². The lowest BCUT2D eigenvalue weighted by Crippen LogP contribution is -2.33. The molecule has 7 nitrogen and oxygen atoms in total. The molecule has 0 radical (unpaired) electrons. The summed E-state index contributed by atoms with van der Waals surface area (Å²) in [7, 11) is -4.14. The highest BCUT2D eigenvalue weighted by Crippen LogP contribution is 2.26. The van der Waals surface area contributed by atoms with Gasteiger partial charge in [0.15, 0.2) is 0 Å². The van der Waals surface area contributed by atoms with Gasteiger partial charge in [0.2, 0.25) is 9.84 Å². The van der Waals surface area contributed by atoms with Gasteiger partial charge in [0, 0.05) is 24.3 Å². The van der Waals surface area contributed by atoms with Crippen LogP contribution in [0.5, 0.6) is 0 Å². The van der Waals surface area contributed by atoms with Gasteiger partial charge in [-0.3, -0.25) is 9.20 Å². The summed E-state index contributed by atoms with van der Waals surface area (Å²) in [6.07, 6.45) is 5.70. The largest absolute Gasteiger partial charge is 0.356 e. The zero-order valence-electron chi connectivity index (χ0n) is 16.5. The average molecular weight is 455 g/mol. The van der Waals surface area contributed by atoms with Crippen molar-refractivity contribution in [2.24, 2.45) is 0 Å². The molecule has 0 atom stereocenters. The van der Waals surface area contributed by atoms with Crippen LogP contribution in [-0.2, 0) is 9.84 Å². The molecule has 0 amide bonds. The Morgan fingerprint density at radius 3 is 2.48 bits per heavy atom. The van der Waals surface area contributed by atoms with Gasteiger partial charge in [-0.1, -0.05) is 17.7 Å². The lowest BCUT2D eigenvalue weighted by atomic mass is 10.1. The Morgan fingerprint density at radius 2 is 1.81 bits per heavy atom. The van der Waals surface area contributed by atoms with Gasteiger partial charge in [-0.2, -0.15) is 5.26 Å². The molecule has 1 aromatic carbocycles. The quantitative estimate of drug-likeness (QED) is 0.558. The van der Waals surface area contributed by atoms with Crippen LogP contribution in [-0.4, -0.2) is 30.9 Å². The number of pyridine rings is 1. The lowest BCUT2D eigenvalue weighted by Gasteiger charge is -2.29. The number of rotatable bonds is 4. The van der Waals surface area contributed by atoms with E-state index in [0.717, 1.165) is 25.3 Å². The summed E-state index contributed by atoms with van der Waals surface area (Å²) in [4.78, 5) is 19.3. The summed E-state index contributed by atoms with van der Waals surface area (Å²) < 4.78 is 27.5. The molecule has 0 bridgehead atoms. The molecule has 2 aromatic heterocycles. The van der Waals surface area contributed by atoms with E-state index in [4.69, 9.17) is 11.6 Å². The highest BCUT2D eigenvalue weighted by atomic mass is 35.5. The van der Waals surface area contributed by atoms with E-state index in [1.54, 1.807) is 30.5 Å². The number of nitriles is 1. The van der Waals surface area contributed by atoms with Crippen LogP contribution in [0.15, 0.2) is 63.3 Å². The minimum Gasteiger partial charge on any atom is -0.356 e. The van der Waals surface area contributed by atoms with Gasteiger partial charge in [-0.15, -0.1) is 0 Å². The maximum atomic E-state index is 13.3. The van der Waals surface area contributed by atoms with Gasteiger partial charge < -0.3 is 4.90 Å². The minimum absolute atomic E-state index is 0.0712. The van der Waals surface area contributed by atoms with E-state index < -0.39 is 20.3 Å². The van der Waals surface area contributed by atoms with Crippen LogP contribution in [0, 0.1) is 11.3 Å². The Labute approximate surface area is 184 Å². The Bertz CT molecular complexity index is 1370. The van der Waals surface area contributed by atoms with Crippen LogP contribution in [0.2, 0.25) is 5.02 Å². The van der Waals surface area contributed by atoms with Crippen LogP contribution in [0.3, 0.4) is 0 Å². The molecule has 1 aliphatic rings. The normalized spacial score (nSPS) is 15.1. The Balaban J connectivity index is 1.94. The molecular weight excluding hydrogens is 436 g/mol. The number of benzene rings is 1. The van der Waals surface area contributed by atoms with Crippen molar-refractivity contribution in [3.8, 4) is 6.07 Å². The fourth-order valence-corrected chi connectivity index (χ4v) is 4.87. The van der Waals surface area contributed by atoms with E-state index in [2.05, 4.69) is 4.98 Å². The number of piperidine rings is 1. The monoisotopic (exact) mass is 454 g/mol. The number of aromatic nitrogens is 2. The van der Waals surface area contributed by atoms with Crippen molar-refractivity contribution < 1.29 is 8.42 Å². The molecular formula is C22H19ClN4O3S. The lowest BCUT2D eigenvalue weighted by molar-refractivity contribution is 0.573. The Hall–Kier alpha value is -3.15. The molecule has 0 saturated carbocycles. The summed E-state index contributed by atoms with van der Waals surface area (Å²) in [6.45, 7) is 1.42. The van der Waals surface area contributed by atoms with E-state index in [1.165, 1.54) is 28.7 Å². The van der Waals surface area contributed by atoms with Crippen LogP contribution in [0.1, 0.15) is 24.8 Å². The molecule has 0 aliphatic carbocycles. The number of sulfone groups is 1. The van der Waals surface area contributed by atoms with Crippen LogP contribution in [0.25, 0.3) is 11.7 Å². The fourth-order valence-electron chi connectivity index (χ4n) is 3.61. The molecule has 31 heavy (non-hydrogen) atoms. The van der Waals surface area contributed by atoms with E-state index in [-0.39, 0.29) is 10.5 Å². The Kier molecular flexibility index (Phi) is 5.81. The Morgan fingerprint density at radius 1 is 1.10 bits per heavy atom. The zero-order chi connectivity index (χ0) is 22.0. The highest BCUT2D eigenvalue weighted by molar-refractivity contribution is 7.95. The second-order valence-electron chi connectivity index (χ2n) is 7.21. The summed E-state index contributed by atoms with van der Waals surface area (Å²) in [5, 5.41) is 10.1. The molecule has 0 spiro atoms. The van der Waals surface area contributed by atoms with Crippen molar-refractivity contribution in [1.29, 1.82) is 5.26 Å². The van der Waals surface area contributed by atoms with Crippen LogP contribution >= 0.6 is 11.6 Å². The molecule has 158 valence electrons. The zero-order valence-corrected chi connectivity index (χ0v) is 18.1. The predicted molar refractivity (Wildman–Crippen MR) is 120 cm³/mol. The summed E-state index contributed by atoms with van der Waals surface area (Å²) in [5.41, 5.74) is 0.120. The fraction of sp³-hybridized carbons (Fsp3) is 0.227. The number of hydrogen-bond acceptors (Lipinski definition) is 6. The van der Waals surface area contributed by atoms with Gasteiger partial charge in [0.05, 0.1) is 10.5 Å². The first-order valence-electron chi connectivity index (χ1n) is 9.80. The summed E-state index contributed by atoms with van der Waals surface area (Å²) >= 11 is 5.86. The van der Waals surface area contributed by atoms with Crippen molar-refractivity contribution in [1.82, 2.24) is 9.38 Å². The number of nitrogens with zero attached hydrogens (tertiary/aromatic N) is 4. The second-order valence-corrected chi connectivity index (χ2v) is 9.56. The van der Waals surface area contributed by atoms with Gasteiger partial charge >= 0.3 is 0 Å². The number of hydrogen-bond donors (Lipinski definition) is 0. The summed E-state index contributed by atoms with van der Waals surface area (Å²) in [6, 6.07) is 12.5. The molecule has 1 aliphatic heterocycles. The predicted octanol–water partition coefficient (Wildman–Crippen LogP) is 3.68. The standard InChI is InChI=1S/C22H19ClN4O3S/c23-16-7-9-17(10-8-16)31(29,30)18(15-24)14-19-21(26-11-3-1-4-12-26)25-20-6-2-5-13-27(20)22(19)28/h2,5-10,13-14H,1,3-4,11-12H2. The topological polar surface area (TPSA) is 95.5 Å². The van der Waals surface area contributed by atoms with Crippen molar-refractivity contribution in [3.05, 3.63) is 74.5 Å². The van der Waals surface area contributed by atoms with Gasteiger partial charge in [-0.05, 0) is 61.7 Å². The third-order valence-electron chi connectivity index (χ3n) is 5.20. The van der Waals surface area contributed by atoms with E-state index in [0.29, 0.717) is 29.6 Å².